The number of amides is 1. The van der Waals surface area contributed by atoms with Crippen molar-refractivity contribution in [2.75, 3.05) is 5.75 Å². The number of fused-ring (bicyclic) bond motifs is 1. The topological polar surface area (TPSA) is 20.3 Å². The number of hydrogen-bond donors (Lipinski definition) is 0. The van der Waals surface area contributed by atoms with E-state index in [-0.39, 0.29) is 5.92 Å². The quantitative estimate of drug-likeness (QED) is 0.666. The first-order chi connectivity index (χ1) is 6.61. The SMILES string of the molecule is CC(C)[C@H]1CS[C@H]2CC[C@@H](C)N2C1=O. The zero-order valence-electron chi connectivity index (χ0n) is 9.19. The van der Waals surface area contributed by atoms with Gasteiger partial charge in [0.05, 0.1) is 5.37 Å². The van der Waals surface area contributed by atoms with Gasteiger partial charge in [-0.1, -0.05) is 13.8 Å². The molecule has 0 unspecified atom stereocenters. The highest BCUT2D eigenvalue weighted by Crippen LogP contribution is 2.39. The van der Waals surface area contributed by atoms with E-state index >= 15 is 0 Å². The van der Waals surface area contributed by atoms with Crippen LogP contribution in [0.1, 0.15) is 33.6 Å². The van der Waals surface area contributed by atoms with Crippen molar-refractivity contribution in [3.05, 3.63) is 0 Å². The van der Waals surface area contributed by atoms with E-state index in [0.717, 1.165) is 5.75 Å². The van der Waals surface area contributed by atoms with Gasteiger partial charge in [-0.2, -0.15) is 0 Å². The van der Waals surface area contributed by atoms with E-state index in [0.29, 0.717) is 23.2 Å². The monoisotopic (exact) mass is 213 g/mol. The summed E-state index contributed by atoms with van der Waals surface area (Å²) in [5.74, 6) is 2.19. The average Bonchev–Trinajstić information content (AvgIpc) is 2.48. The van der Waals surface area contributed by atoms with Crippen LogP contribution in [-0.4, -0.2) is 28.0 Å². The van der Waals surface area contributed by atoms with Crippen LogP contribution >= 0.6 is 11.8 Å². The first-order valence-corrected chi connectivity index (χ1v) is 6.60. The molecule has 80 valence electrons. The molecule has 0 N–H and O–H groups in total. The summed E-state index contributed by atoms with van der Waals surface area (Å²) in [6.45, 7) is 6.50. The lowest BCUT2D eigenvalue weighted by atomic mass is 9.96. The van der Waals surface area contributed by atoms with Crippen LogP contribution in [0.2, 0.25) is 0 Å². The summed E-state index contributed by atoms with van der Waals surface area (Å²) in [6.07, 6.45) is 2.39. The van der Waals surface area contributed by atoms with Crippen molar-refractivity contribution >= 4 is 17.7 Å². The zero-order chi connectivity index (χ0) is 10.3. The molecule has 2 rings (SSSR count). The van der Waals surface area contributed by atoms with Gasteiger partial charge in [0.25, 0.3) is 0 Å². The third-order valence-corrected chi connectivity index (χ3v) is 4.86. The fourth-order valence-corrected chi connectivity index (χ4v) is 4.16. The van der Waals surface area contributed by atoms with Crippen LogP contribution in [0, 0.1) is 11.8 Å². The number of carbonyl (C=O) groups excluding carboxylic acids is 1. The fraction of sp³-hybridized carbons (Fsp3) is 0.909. The molecule has 1 amide bonds. The summed E-state index contributed by atoms with van der Waals surface area (Å²) < 4.78 is 0. The molecule has 3 atom stereocenters. The maximum absolute atomic E-state index is 12.2. The lowest BCUT2D eigenvalue weighted by Crippen LogP contribution is -2.48. The van der Waals surface area contributed by atoms with Crippen molar-refractivity contribution in [2.45, 2.75) is 45.0 Å². The predicted molar refractivity (Wildman–Crippen MR) is 60.1 cm³/mol. The lowest BCUT2D eigenvalue weighted by molar-refractivity contribution is -0.137. The van der Waals surface area contributed by atoms with E-state index < -0.39 is 0 Å². The van der Waals surface area contributed by atoms with Gasteiger partial charge >= 0.3 is 0 Å². The van der Waals surface area contributed by atoms with Crippen molar-refractivity contribution in [1.82, 2.24) is 4.90 Å². The summed E-state index contributed by atoms with van der Waals surface area (Å²) >= 11 is 1.98. The molecule has 2 aliphatic rings. The summed E-state index contributed by atoms with van der Waals surface area (Å²) in [4.78, 5) is 14.3. The molecular weight excluding hydrogens is 194 g/mol. The van der Waals surface area contributed by atoms with Gasteiger partial charge in [0.15, 0.2) is 0 Å². The Labute approximate surface area is 90.4 Å². The minimum atomic E-state index is 0.261. The normalized spacial score (nSPS) is 37.9. The van der Waals surface area contributed by atoms with Gasteiger partial charge < -0.3 is 4.90 Å². The summed E-state index contributed by atoms with van der Waals surface area (Å²) in [5, 5.41) is 0.493. The van der Waals surface area contributed by atoms with Crippen LogP contribution in [0.4, 0.5) is 0 Å². The molecule has 0 spiro atoms. The second-order valence-corrected chi connectivity index (χ2v) is 6.02. The Hall–Kier alpha value is -0.180. The van der Waals surface area contributed by atoms with Gasteiger partial charge in [-0.3, -0.25) is 4.79 Å². The minimum Gasteiger partial charge on any atom is -0.328 e. The van der Waals surface area contributed by atoms with E-state index in [2.05, 4.69) is 25.7 Å². The van der Waals surface area contributed by atoms with Gasteiger partial charge in [0.1, 0.15) is 0 Å². The highest BCUT2D eigenvalue weighted by Gasteiger charge is 2.42. The summed E-state index contributed by atoms with van der Waals surface area (Å²) in [5.41, 5.74) is 0. The molecule has 0 bridgehead atoms. The Morgan fingerprint density at radius 3 is 2.79 bits per heavy atom. The Kier molecular flexibility index (Phi) is 2.78. The van der Waals surface area contributed by atoms with Crippen molar-refractivity contribution in [2.24, 2.45) is 11.8 Å². The number of hydrogen-bond acceptors (Lipinski definition) is 2. The molecule has 0 aromatic heterocycles. The van der Waals surface area contributed by atoms with Crippen molar-refractivity contribution in [3.8, 4) is 0 Å². The molecule has 2 fully saturated rings. The Morgan fingerprint density at radius 1 is 1.43 bits per heavy atom. The van der Waals surface area contributed by atoms with Gasteiger partial charge in [0, 0.05) is 17.7 Å². The van der Waals surface area contributed by atoms with Gasteiger partial charge in [0.2, 0.25) is 5.91 Å². The van der Waals surface area contributed by atoms with Gasteiger partial charge in [-0.15, -0.1) is 11.8 Å². The standard InChI is InChI=1S/C11H19NOS/c1-7(2)9-6-14-10-5-4-8(3)12(10)11(9)13/h7-10H,4-6H2,1-3H3/t8-,9-,10+/m1/s1. The maximum Gasteiger partial charge on any atom is 0.227 e. The molecule has 2 saturated heterocycles. The van der Waals surface area contributed by atoms with Crippen LogP contribution in [0.5, 0.6) is 0 Å². The van der Waals surface area contributed by atoms with Crippen LogP contribution in [-0.2, 0) is 4.79 Å². The maximum atomic E-state index is 12.2. The molecule has 14 heavy (non-hydrogen) atoms. The molecule has 3 heteroatoms. The first kappa shape index (κ1) is 10.3. The van der Waals surface area contributed by atoms with E-state index in [4.69, 9.17) is 0 Å². The molecule has 2 heterocycles. The molecule has 2 nitrogen and oxygen atoms in total. The molecule has 2 aliphatic heterocycles. The van der Waals surface area contributed by atoms with Gasteiger partial charge in [-0.05, 0) is 25.7 Å². The van der Waals surface area contributed by atoms with E-state index in [1.807, 2.05) is 11.8 Å². The smallest absolute Gasteiger partial charge is 0.227 e. The Morgan fingerprint density at radius 2 is 2.14 bits per heavy atom. The number of thioether (sulfide) groups is 1. The van der Waals surface area contributed by atoms with Crippen LogP contribution < -0.4 is 0 Å². The first-order valence-electron chi connectivity index (χ1n) is 5.55. The van der Waals surface area contributed by atoms with Crippen molar-refractivity contribution < 1.29 is 4.79 Å². The Bertz CT molecular complexity index is 241. The van der Waals surface area contributed by atoms with Crippen LogP contribution in [0.3, 0.4) is 0 Å². The molecular formula is C11H19NOS. The van der Waals surface area contributed by atoms with E-state index in [1.165, 1.54) is 12.8 Å². The van der Waals surface area contributed by atoms with Crippen molar-refractivity contribution in [3.63, 3.8) is 0 Å². The number of carbonyl (C=O) groups is 1. The lowest BCUT2D eigenvalue weighted by Gasteiger charge is -2.38. The van der Waals surface area contributed by atoms with Crippen LogP contribution in [0.15, 0.2) is 0 Å². The zero-order valence-corrected chi connectivity index (χ0v) is 10.0. The summed E-state index contributed by atoms with van der Waals surface area (Å²) in [7, 11) is 0. The second kappa shape index (κ2) is 3.76. The molecule has 0 aromatic rings. The second-order valence-electron chi connectivity index (χ2n) is 4.81. The number of nitrogens with zero attached hydrogens (tertiary/aromatic N) is 1. The molecule has 0 radical (unpaired) electrons. The number of rotatable bonds is 1. The van der Waals surface area contributed by atoms with E-state index in [1.54, 1.807) is 0 Å². The fourth-order valence-electron chi connectivity index (χ4n) is 2.42. The molecule has 0 saturated carbocycles. The third-order valence-electron chi connectivity index (χ3n) is 3.46. The van der Waals surface area contributed by atoms with Gasteiger partial charge in [-0.25, -0.2) is 0 Å². The molecule has 0 aliphatic carbocycles. The minimum absolute atomic E-state index is 0.261. The highest BCUT2D eigenvalue weighted by molar-refractivity contribution is 8.00. The predicted octanol–water partition coefficient (Wildman–Crippen LogP) is 2.34. The van der Waals surface area contributed by atoms with Crippen LogP contribution in [0.25, 0.3) is 0 Å². The van der Waals surface area contributed by atoms with E-state index in [9.17, 15) is 4.79 Å². The largest absolute Gasteiger partial charge is 0.328 e. The molecule has 0 aromatic carbocycles. The highest BCUT2D eigenvalue weighted by atomic mass is 32.2. The van der Waals surface area contributed by atoms with Crippen molar-refractivity contribution in [1.29, 1.82) is 0 Å². The average molecular weight is 213 g/mol. The third kappa shape index (κ3) is 1.56. The summed E-state index contributed by atoms with van der Waals surface area (Å²) in [6, 6.07) is 0.474. The Balaban J connectivity index is 2.14.